The zero-order valence-electron chi connectivity index (χ0n) is 10.3. The van der Waals surface area contributed by atoms with Crippen molar-refractivity contribution in [2.24, 2.45) is 0 Å². The number of aliphatic hydroxyl groups excluding tert-OH is 1. The van der Waals surface area contributed by atoms with Crippen molar-refractivity contribution in [2.75, 3.05) is 32.8 Å². The van der Waals surface area contributed by atoms with Crippen LogP contribution in [0.4, 0.5) is 0 Å². The summed E-state index contributed by atoms with van der Waals surface area (Å²) in [4.78, 5) is 2.28. The van der Waals surface area contributed by atoms with Crippen LogP contribution >= 0.6 is 11.6 Å². The number of piperazine rings is 1. The number of phenols is 1. The van der Waals surface area contributed by atoms with Gasteiger partial charge in [0.25, 0.3) is 0 Å². The maximum atomic E-state index is 9.98. The van der Waals surface area contributed by atoms with Gasteiger partial charge in [-0.3, -0.25) is 4.90 Å². The van der Waals surface area contributed by atoms with E-state index in [-0.39, 0.29) is 18.4 Å². The number of hydrogen-bond donors (Lipinski definition) is 3. The Morgan fingerprint density at radius 2 is 2.06 bits per heavy atom. The van der Waals surface area contributed by atoms with Crippen LogP contribution in [0.15, 0.2) is 18.2 Å². The van der Waals surface area contributed by atoms with Gasteiger partial charge < -0.3 is 15.5 Å². The van der Waals surface area contributed by atoms with Gasteiger partial charge in [-0.1, -0.05) is 11.6 Å². The van der Waals surface area contributed by atoms with Gasteiger partial charge in [-0.25, -0.2) is 0 Å². The molecule has 1 saturated heterocycles. The van der Waals surface area contributed by atoms with Crippen LogP contribution in [0.1, 0.15) is 18.0 Å². The van der Waals surface area contributed by atoms with Gasteiger partial charge >= 0.3 is 0 Å². The van der Waals surface area contributed by atoms with Crippen molar-refractivity contribution >= 4 is 11.6 Å². The molecule has 2 rings (SSSR count). The summed E-state index contributed by atoms with van der Waals surface area (Å²) >= 11 is 6.00. The van der Waals surface area contributed by atoms with E-state index >= 15 is 0 Å². The number of aliphatic hydroxyl groups is 1. The van der Waals surface area contributed by atoms with Crippen LogP contribution in [-0.4, -0.2) is 47.9 Å². The highest BCUT2D eigenvalue weighted by molar-refractivity contribution is 6.30. The van der Waals surface area contributed by atoms with Gasteiger partial charge in [0, 0.05) is 49.4 Å². The Kier molecular flexibility index (Phi) is 4.83. The summed E-state index contributed by atoms with van der Waals surface area (Å²) < 4.78 is 0. The largest absolute Gasteiger partial charge is 0.508 e. The maximum absolute atomic E-state index is 9.98. The Hall–Kier alpha value is -0.810. The fourth-order valence-corrected chi connectivity index (χ4v) is 2.62. The fraction of sp³-hybridized carbons (Fsp3) is 0.538. The number of halogens is 1. The van der Waals surface area contributed by atoms with Crippen molar-refractivity contribution in [3.63, 3.8) is 0 Å². The lowest BCUT2D eigenvalue weighted by atomic mass is 10.0. The van der Waals surface area contributed by atoms with E-state index in [1.807, 2.05) is 0 Å². The number of rotatable bonds is 4. The molecule has 5 heteroatoms. The third kappa shape index (κ3) is 3.14. The van der Waals surface area contributed by atoms with E-state index in [1.165, 1.54) is 0 Å². The monoisotopic (exact) mass is 270 g/mol. The van der Waals surface area contributed by atoms with Crippen molar-refractivity contribution in [1.82, 2.24) is 10.2 Å². The van der Waals surface area contributed by atoms with Crippen molar-refractivity contribution in [1.29, 1.82) is 0 Å². The smallest absolute Gasteiger partial charge is 0.120 e. The first-order valence-electron chi connectivity index (χ1n) is 6.26. The first kappa shape index (κ1) is 13.6. The number of nitrogens with zero attached hydrogens (tertiary/aromatic N) is 1. The predicted molar refractivity (Wildman–Crippen MR) is 72.0 cm³/mol. The van der Waals surface area contributed by atoms with E-state index in [9.17, 15) is 10.2 Å². The Morgan fingerprint density at radius 3 is 2.72 bits per heavy atom. The second-order valence-electron chi connectivity index (χ2n) is 4.52. The number of hydrogen-bond acceptors (Lipinski definition) is 4. The lowest BCUT2D eigenvalue weighted by molar-refractivity contribution is 0.139. The molecular weight excluding hydrogens is 252 g/mol. The van der Waals surface area contributed by atoms with E-state index in [0.29, 0.717) is 11.4 Å². The molecule has 1 heterocycles. The van der Waals surface area contributed by atoms with Crippen molar-refractivity contribution < 1.29 is 10.2 Å². The molecule has 0 bridgehead atoms. The molecule has 0 saturated carbocycles. The summed E-state index contributed by atoms with van der Waals surface area (Å²) in [5.74, 6) is 0.247. The summed E-state index contributed by atoms with van der Waals surface area (Å²) in [7, 11) is 0. The highest BCUT2D eigenvalue weighted by Gasteiger charge is 2.24. The zero-order chi connectivity index (χ0) is 13.0. The number of nitrogens with one attached hydrogen (secondary N) is 1. The standard InChI is InChI=1S/C13H19ClN2O2/c14-10-1-2-13(18)11(9-10)12(3-8-17)16-6-4-15-5-7-16/h1-2,9,12,15,17-18H,3-8H2/t12-/m0/s1. The number of phenolic OH excluding ortho intramolecular Hbond substituents is 1. The quantitative estimate of drug-likeness (QED) is 0.774. The van der Waals surface area contributed by atoms with Crippen LogP contribution in [0.2, 0.25) is 5.02 Å². The van der Waals surface area contributed by atoms with Crippen LogP contribution < -0.4 is 5.32 Å². The van der Waals surface area contributed by atoms with E-state index in [1.54, 1.807) is 18.2 Å². The van der Waals surface area contributed by atoms with Crippen molar-refractivity contribution in [3.8, 4) is 5.75 Å². The van der Waals surface area contributed by atoms with Gasteiger partial charge in [-0.15, -0.1) is 0 Å². The molecule has 0 aliphatic carbocycles. The van der Waals surface area contributed by atoms with Gasteiger partial charge in [0.2, 0.25) is 0 Å². The zero-order valence-corrected chi connectivity index (χ0v) is 11.0. The van der Waals surface area contributed by atoms with Gasteiger partial charge in [0.15, 0.2) is 0 Å². The maximum Gasteiger partial charge on any atom is 0.120 e. The minimum Gasteiger partial charge on any atom is -0.508 e. The molecule has 1 aromatic rings. The summed E-state index contributed by atoms with van der Waals surface area (Å²) in [5.41, 5.74) is 0.804. The normalized spacial score (nSPS) is 18.8. The molecule has 4 nitrogen and oxygen atoms in total. The first-order valence-corrected chi connectivity index (χ1v) is 6.64. The lowest BCUT2D eigenvalue weighted by Crippen LogP contribution is -2.45. The molecular formula is C13H19ClN2O2. The molecule has 0 spiro atoms. The van der Waals surface area contributed by atoms with Gasteiger partial charge in [0.1, 0.15) is 5.75 Å². The van der Waals surface area contributed by atoms with Gasteiger partial charge in [-0.2, -0.15) is 0 Å². The molecule has 100 valence electrons. The number of aromatic hydroxyl groups is 1. The Balaban J connectivity index is 2.24. The predicted octanol–water partition coefficient (Wildman–Crippen LogP) is 1.37. The average Bonchev–Trinajstić information content (AvgIpc) is 2.40. The van der Waals surface area contributed by atoms with Gasteiger partial charge in [-0.05, 0) is 24.6 Å². The van der Waals surface area contributed by atoms with E-state index in [2.05, 4.69) is 10.2 Å². The molecule has 1 fully saturated rings. The summed E-state index contributed by atoms with van der Waals surface area (Å²) in [6, 6.07) is 5.10. The van der Waals surface area contributed by atoms with Gasteiger partial charge in [0.05, 0.1) is 0 Å². The van der Waals surface area contributed by atoms with Crippen LogP contribution in [0.5, 0.6) is 5.75 Å². The minimum absolute atomic E-state index is 0.0239. The van der Waals surface area contributed by atoms with Crippen molar-refractivity contribution in [2.45, 2.75) is 12.5 Å². The van der Waals surface area contributed by atoms with E-state index in [4.69, 9.17) is 11.6 Å². The van der Waals surface area contributed by atoms with E-state index in [0.717, 1.165) is 31.7 Å². The molecule has 1 atom stereocenters. The van der Waals surface area contributed by atoms with Crippen LogP contribution in [-0.2, 0) is 0 Å². The third-order valence-electron chi connectivity index (χ3n) is 3.34. The molecule has 0 amide bonds. The second-order valence-corrected chi connectivity index (χ2v) is 4.95. The third-order valence-corrected chi connectivity index (χ3v) is 3.58. The highest BCUT2D eigenvalue weighted by atomic mass is 35.5. The fourth-order valence-electron chi connectivity index (χ4n) is 2.44. The molecule has 1 aliphatic rings. The summed E-state index contributed by atoms with van der Waals surface area (Å²) in [6.45, 7) is 3.79. The van der Waals surface area contributed by atoms with E-state index < -0.39 is 0 Å². The number of benzene rings is 1. The minimum atomic E-state index is 0.0239. The van der Waals surface area contributed by atoms with Crippen LogP contribution in [0, 0.1) is 0 Å². The molecule has 0 aromatic heterocycles. The molecule has 0 radical (unpaired) electrons. The SMILES string of the molecule is OCC[C@@H](c1cc(Cl)ccc1O)N1CCNCC1. The molecule has 3 N–H and O–H groups in total. The first-order chi connectivity index (χ1) is 8.72. The van der Waals surface area contributed by atoms with Crippen LogP contribution in [0.25, 0.3) is 0 Å². The highest BCUT2D eigenvalue weighted by Crippen LogP contribution is 2.33. The molecule has 18 heavy (non-hydrogen) atoms. The Labute approximate surface area is 112 Å². The lowest BCUT2D eigenvalue weighted by Gasteiger charge is -2.35. The Morgan fingerprint density at radius 1 is 1.33 bits per heavy atom. The molecule has 1 aromatic carbocycles. The topological polar surface area (TPSA) is 55.7 Å². The summed E-state index contributed by atoms with van der Waals surface area (Å²) in [5, 5.41) is 23.1. The summed E-state index contributed by atoms with van der Waals surface area (Å²) in [6.07, 6.45) is 0.605. The average molecular weight is 271 g/mol. The van der Waals surface area contributed by atoms with Crippen molar-refractivity contribution in [3.05, 3.63) is 28.8 Å². The second kappa shape index (κ2) is 6.38. The molecule has 1 aliphatic heterocycles. The van der Waals surface area contributed by atoms with Crippen LogP contribution in [0.3, 0.4) is 0 Å². The Bertz CT molecular complexity index is 395. The molecule has 0 unspecified atom stereocenters.